The van der Waals surface area contributed by atoms with E-state index in [1.807, 2.05) is 24.3 Å². The zero-order valence-electron chi connectivity index (χ0n) is 15.4. The van der Waals surface area contributed by atoms with Gasteiger partial charge in [-0.05, 0) is 55.9 Å². The molecule has 2 aromatic rings. The Morgan fingerprint density at radius 1 is 1.27 bits per heavy atom. The van der Waals surface area contributed by atoms with Crippen molar-refractivity contribution in [3.63, 3.8) is 0 Å². The number of esters is 1. The number of benzene rings is 1. The van der Waals surface area contributed by atoms with Gasteiger partial charge in [0.15, 0.2) is 0 Å². The lowest BCUT2D eigenvalue weighted by atomic mass is 9.89. The van der Waals surface area contributed by atoms with E-state index in [2.05, 4.69) is 17.1 Å². The van der Waals surface area contributed by atoms with E-state index in [-0.39, 0.29) is 12.1 Å². The Kier molecular flexibility index (Phi) is 6.26. The van der Waals surface area contributed by atoms with E-state index in [0.29, 0.717) is 36.9 Å². The lowest BCUT2D eigenvalue weighted by molar-refractivity contribution is -0.151. The smallest absolute Gasteiger partial charge is 0.306 e. The van der Waals surface area contributed by atoms with Crippen molar-refractivity contribution in [3.8, 4) is 17.1 Å². The highest BCUT2D eigenvalue weighted by molar-refractivity contribution is 5.69. The first kappa shape index (κ1) is 18.4. The molecule has 6 nitrogen and oxygen atoms in total. The molecular weight excluding hydrogens is 332 g/mol. The molecule has 140 valence electrons. The maximum Gasteiger partial charge on any atom is 0.306 e. The van der Waals surface area contributed by atoms with Gasteiger partial charge in [-0.2, -0.15) is 4.98 Å². The molecular formula is C20H26N2O4. The Bertz CT molecular complexity index is 711. The maximum atomic E-state index is 12.0. The van der Waals surface area contributed by atoms with E-state index in [1.54, 1.807) is 7.11 Å². The number of aryl methyl sites for hydroxylation is 1. The Labute approximate surface area is 153 Å². The summed E-state index contributed by atoms with van der Waals surface area (Å²) in [4.78, 5) is 16.4. The van der Waals surface area contributed by atoms with Crippen LogP contribution in [0.5, 0.6) is 5.75 Å². The van der Waals surface area contributed by atoms with Gasteiger partial charge < -0.3 is 14.0 Å². The van der Waals surface area contributed by atoms with Gasteiger partial charge in [0.25, 0.3) is 0 Å². The second kappa shape index (κ2) is 8.83. The molecule has 1 aliphatic rings. The fraction of sp³-hybridized carbons (Fsp3) is 0.550. The maximum absolute atomic E-state index is 12.0. The monoisotopic (exact) mass is 358 g/mol. The quantitative estimate of drug-likeness (QED) is 0.691. The van der Waals surface area contributed by atoms with Gasteiger partial charge in [0, 0.05) is 18.4 Å². The summed E-state index contributed by atoms with van der Waals surface area (Å²) in [5, 5.41) is 4.00. The van der Waals surface area contributed by atoms with Gasteiger partial charge in [-0.15, -0.1) is 0 Å². The van der Waals surface area contributed by atoms with Crippen LogP contribution in [-0.2, 0) is 16.0 Å². The number of carbonyl (C=O) groups excluding carboxylic acids is 1. The second-order valence-corrected chi connectivity index (χ2v) is 6.98. The molecule has 6 heteroatoms. The van der Waals surface area contributed by atoms with Crippen LogP contribution in [0.1, 0.15) is 51.3 Å². The Morgan fingerprint density at radius 3 is 2.81 bits per heavy atom. The van der Waals surface area contributed by atoms with Crippen molar-refractivity contribution in [2.24, 2.45) is 5.92 Å². The van der Waals surface area contributed by atoms with E-state index in [0.717, 1.165) is 30.6 Å². The number of carbonyl (C=O) groups is 1. The van der Waals surface area contributed by atoms with Crippen molar-refractivity contribution < 1.29 is 18.8 Å². The number of nitrogens with zero attached hydrogens (tertiary/aromatic N) is 2. The van der Waals surface area contributed by atoms with E-state index >= 15 is 0 Å². The number of hydrogen-bond acceptors (Lipinski definition) is 6. The van der Waals surface area contributed by atoms with Gasteiger partial charge in [-0.1, -0.05) is 18.5 Å². The molecule has 2 unspecified atom stereocenters. The van der Waals surface area contributed by atoms with Crippen LogP contribution in [0.4, 0.5) is 0 Å². The average Bonchev–Trinajstić information content (AvgIpc) is 3.11. The van der Waals surface area contributed by atoms with E-state index in [4.69, 9.17) is 14.0 Å². The third-order valence-electron chi connectivity index (χ3n) is 4.77. The lowest BCUT2D eigenvalue weighted by Gasteiger charge is -2.26. The fourth-order valence-corrected chi connectivity index (χ4v) is 3.33. The summed E-state index contributed by atoms with van der Waals surface area (Å²) in [5.41, 5.74) is 0.867. The molecule has 0 aliphatic heterocycles. The Balaban J connectivity index is 1.43. The zero-order valence-corrected chi connectivity index (χ0v) is 15.4. The highest BCUT2D eigenvalue weighted by atomic mass is 16.5. The van der Waals surface area contributed by atoms with Gasteiger partial charge in [0.1, 0.15) is 11.9 Å². The third-order valence-corrected chi connectivity index (χ3v) is 4.77. The molecule has 1 aromatic heterocycles. The first-order valence-electron chi connectivity index (χ1n) is 9.30. The summed E-state index contributed by atoms with van der Waals surface area (Å²) >= 11 is 0. The summed E-state index contributed by atoms with van der Waals surface area (Å²) in [6, 6.07) is 7.48. The molecule has 2 atom stereocenters. The number of aromatic nitrogens is 2. The minimum absolute atomic E-state index is 0.0938. The Hall–Kier alpha value is -2.37. The highest BCUT2D eigenvalue weighted by Gasteiger charge is 2.22. The van der Waals surface area contributed by atoms with Crippen LogP contribution < -0.4 is 4.74 Å². The van der Waals surface area contributed by atoms with E-state index < -0.39 is 0 Å². The molecule has 0 N–H and O–H groups in total. The molecule has 1 aromatic carbocycles. The van der Waals surface area contributed by atoms with E-state index in [1.165, 1.54) is 6.42 Å². The molecule has 0 radical (unpaired) electrons. The normalized spacial score (nSPS) is 19.9. The SMILES string of the molecule is COc1ccc(-c2noc(CCCC(=O)OC3CCCC(C)C3)n2)cc1. The predicted octanol–water partition coefficient (Wildman–Crippen LogP) is 4.19. The average molecular weight is 358 g/mol. The number of methoxy groups -OCH3 is 1. The summed E-state index contributed by atoms with van der Waals surface area (Å²) < 4.78 is 16.0. The van der Waals surface area contributed by atoms with Crippen LogP contribution in [0.3, 0.4) is 0 Å². The number of hydrogen-bond donors (Lipinski definition) is 0. The summed E-state index contributed by atoms with van der Waals surface area (Å²) in [6.07, 6.45) is 6.05. The van der Waals surface area contributed by atoms with Crippen molar-refractivity contribution in [2.75, 3.05) is 7.11 Å². The largest absolute Gasteiger partial charge is 0.497 e. The Morgan fingerprint density at radius 2 is 2.08 bits per heavy atom. The fourth-order valence-electron chi connectivity index (χ4n) is 3.33. The molecule has 1 heterocycles. The zero-order chi connectivity index (χ0) is 18.4. The minimum atomic E-state index is -0.126. The molecule has 1 fully saturated rings. The first-order valence-corrected chi connectivity index (χ1v) is 9.30. The molecule has 1 aliphatic carbocycles. The van der Waals surface area contributed by atoms with Crippen molar-refractivity contribution in [2.45, 2.75) is 58.0 Å². The highest BCUT2D eigenvalue weighted by Crippen LogP contribution is 2.26. The number of rotatable bonds is 7. The molecule has 0 amide bonds. The van der Waals surface area contributed by atoms with Crippen LogP contribution >= 0.6 is 0 Å². The van der Waals surface area contributed by atoms with Crippen molar-refractivity contribution in [1.29, 1.82) is 0 Å². The van der Waals surface area contributed by atoms with Gasteiger partial charge in [0.2, 0.25) is 11.7 Å². The summed E-state index contributed by atoms with van der Waals surface area (Å²) in [7, 11) is 1.63. The van der Waals surface area contributed by atoms with Crippen LogP contribution in [0.2, 0.25) is 0 Å². The van der Waals surface area contributed by atoms with Crippen LogP contribution in [0.15, 0.2) is 28.8 Å². The van der Waals surface area contributed by atoms with E-state index in [9.17, 15) is 4.79 Å². The number of ether oxygens (including phenoxy) is 2. The standard InChI is InChI=1S/C20H26N2O4/c1-14-5-3-6-17(13-14)25-19(23)8-4-7-18-21-20(22-26-18)15-9-11-16(24-2)12-10-15/h9-12,14,17H,3-8,13H2,1-2H3. The van der Waals surface area contributed by atoms with Crippen molar-refractivity contribution in [1.82, 2.24) is 10.1 Å². The van der Waals surface area contributed by atoms with Crippen LogP contribution in [0, 0.1) is 5.92 Å². The van der Waals surface area contributed by atoms with Crippen molar-refractivity contribution >= 4 is 5.97 Å². The third kappa shape index (κ3) is 5.07. The molecule has 26 heavy (non-hydrogen) atoms. The van der Waals surface area contributed by atoms with Crippen LogP contribution in [0.25, 0.3) is 11.4 Å². The molecule has 1 saturated carbocycles. The minimum Gasteiger partial charge on any atom is -0.497 e. The predicted molar refractivity (Wildman–Crippen MR) is 96.7 cm³/mol. The van der Waals surface area contributed by atoms with Crippen molar-refractivity contribution in [3.05, 3.63) is 30.2 Å². The summed E-state index contributed by atoms with van der Waals surface area (Å²) in [5.74, 6) is 2.38. The van der Waals surface area contributed by atoms with Gasteiger partial charge in [0.05, 0.1) is 7.11 Å². The summed E-state index contributed by atoms with van der Waals surface area (Å²) in [6.45, 7) is 2.22. The molecule has 3 rings (SSSR count). The van der Waals surface area contributed by atoms with Crippen LogP contribution in [-0.4, -0.2) is 29.3 Å². The molecule has 0 saturated heterocycles. The van der Waals surface area contributed by atoms with Gasteiger partial charge in [-0.3, -0.25) is 4.79 Å². The molecule has 0 bridgehead atoms. The first-order chi connectivity index (χ1) is 12.6. The molecule has 0 spiro atoms. The second-order valence-electron chi connectivity index (χ2n) is 6.98. The van der Waals surface area contributed by atoms with Gasteiger partial charge in [-0.25, -0.2) is 0 Å². The lowest BCUT2D eigenvalue weighted by Crippen LogP contribution is -2.24. The topological polar surface area (TPSA) is 74.5 Å². The van der Waals surface area contributed by atoms with Gasteiger partial charge >= 0.3 is 5.97 Å².